The average Bonchev–Trinajstić information content (AvgIpc) is 2.64. The predicted octanol–water partition coefficient (Wildman–Crippen LogP) is 2.79. The van der Waals surface area contributed by atoms with Crippen molar-refractivity contribution in [3.63, 3.8) is 0 Å². The predicted molar refractivity (Wildman–Crippen MR) is 90.7 cm³/mol. The van der Waals surface area contributed by atoms with Gasteiger partial charge >= 0.3 is 5.69 Å². The molecule has 3 rings (SSSR count). The van der Waals surface area contributed by atoms with Gasteiger partial charge in [0, 0.05) is 24.7 Å². The molecule has 130 valence electrons. The first-order valence-corrected chi connectivity index (χ1v) is 8.00. The number of carbonyl (C=O) groups is 1. The molecule has 0 N–H and O–H groups in total. The van der Waals surface area contributed by atoms with Crippen molar-refractivity contribution >= 4 is 11.6 Å². The van der Waals surface area contributed by atoms with E-state index in [4.69, 9.17) is 9.47 Å². The van der Waals surface area contributed by atoms with Gasteiger partial charge in [-0.2, -0.15) is 0 Å². The Hall–Kier alpha value is -2.93. The zero-order valence-corrected chi connectivity index (χ0v) is 13.6. The van der Waals surface area contributed by atoms with Gasteiger partial charge in [0.25, 0.3) is 0 Å². The summed E-state index contributed by atoms with van der Waals surface area (Å²) in [6.07, 6.45) is 0.177. The molecule has 0 atom stereocenters. The van der Waals surface area contributed by atoms with Crippen molar-refractivity contribution in [3.8, 4) is 11.5 Å². The van der Waals surface area contributed by atoms with Gasteiger partial charge in [-0.05, 0) is 12.1 Å². The number of carbonyl (C=O) groups excluding carboxylic acids is 1. The minimum atomic E-state index is -0.489. The van der Waals surface area contributed by atoms with Gasteiger partial charge in [0.2, 0.25) is 11.7 Å². The van der Waals surface area contributed by atoms with E-state index in [1.807, 2.05) is 6.07 Å². The SMILES string of the molecule is O=C(Cc1ccccc1Oc1ccccc1[N+](=O)[O-])N1CCOCC1. The molecule has 1 amide bonds. The number of hydrogen-bond donors (Lipinski definition) is 0. The maximum atomic E-state index is 12.5. The van der Waals surface area contributed by atoms with Crippen LogP contribution in [0.2, 0.25) is 0 Å². The highest BCUT2D eigenvalue weighted by Gasteiger charge is 2.20. The molecule has 1 heterocycles. The first kappa shape index (κ1) is 16.9. The van der Waals surface area contributed by atoms with Crippen molar-refractivity contribution < 1.29 is 19.2 Å². The molecule has 0 aromatic heterocycles. The van der Waals surface area contributed by atoms with E-state index in [2.05, 4.69) is 0 Å². The lowest BCUT2D eigenvalue weighted by Crippen LogP contribution is -2.41. The zero-order chi connectivity index (χ0) is 17.6. The molecular formula is C18H18N2O5. The number of nitrogens with zero attached hydrogens (tertiary/aromatic N) is 2. The third-order valence-electron chi connectivity index (χ3n) is 3.96. The Morgan fingerprint density at radius 3 is 2.44 bits per heavy atom. The van der Waals surface area contributed by atoms with Gasteiger partial charge in [-0.1, -0.05) is 30.3 Å². The summed E-state index contributed by atoms with van der Waals surface area (Å²) in [4.78, 5) is 24.9. The van der Waals surface area contributed by atoms with Crippen molar-refractivity contribution in [1.29, 1.82) is 0 Å². The summed E-state index contributed by atoms with van der Waals surface area (Å²) in [5, 5.41) is 11.1. The zero-order valence-electron chi connectivity index (χ0n) is 13.6. The van der Waals surface area contributed by atoms with Crippen LogP contribution in [-0.4, -0.2) is 42.0 Å². The topological polar surface area (TPSA) is 81.9 Å². The standard InChI is InChI=1S/C18H18N2O5/c21-18(19-9-11-24-12-10-19)13-14-5-1-3-7-16(14)25-17-8-4-2-6-15(17)20(22)23/h1-8H,9-13H2. The Bertz CT molecular complexity index is 772. The largest absolute Gasteiger partial charge is 0.450 e. The molecule has 2 aromatic carbocycles. The number of para-hydroxylation sites is 3. The fraction of sp³-hybridized carbons (Fsp3) is 0.278. The van der Waals surface area contributed by atoms with Crippen LogP contribution in [0.1, 0.15) is 5.56 Å². The van der Waals surface area contributed by atoms with E-state index in [0.29, 0.717) is 37.6 Å². The molecule has 0 spiro atoms. The summed E-state index contributed by atoms with van der Waals surface area (Å²) in [7, 11) is 0. The first-order chi connectivity index (χ1) is 12.1. The molecular weight excluding hydrogens is 324 g/mol. The Kier molecular flexibility index (Phi) is 5.25. The highest BCUT2D eigenvalue weighted by atomic mass is 16.6. The van der Waals surface area contributed by atoms with E-state index >= 15 is 0 Å². The molecule has 0 unspecified atom stereocenters. The van der Waals surface area contributed by atoms with Crippen molar-refractivity contribution in [2.45, 2.75) is 6.42 Å². The average molecular weight is 342 g/mol. The lowest BCUT2D eigenvalue weighted by atomic mass is 10.1. The van der Waals surface area contributed by atoms with Crippen LogP contribution in [0.4, 0.5) is 5.69 Å². The Morgan fingerprint density at radius 1 is 1.08 bits per heavy atom. The van der Waals surface area contributed by atoms with Gasteiger partial charge in [-0.25, -0.2) is 0 Å². The highest BCUT2D eigenvalue weighted by Crippen LogP contribution is 2.32. The van der Waals surface area contributed by atoms with Crippen molar-refractivity contribution in [3.05, 3.63) is 64.2 Å². The Morgan fingerprint density at radius 2 is 1.72 bits per heavy atom. The van der Waals surface area contributed by atoms with Crippen LogP contribution in [0.3, 0.4) is 0 Å². The van der Waals surface area contributed by atoms with Gasteiger partial charge in [-0.15, -0.1) is 0 Å². The summed E-state index contributed by atoms with van der Waals surface area (Å²) in [6, 6.07) is 13.3. The van der Waals surface area contributed by atoms with Crippen LogP contribution in [0.25, 0.3) is 0 Å². The maximum absolute atomic E-state index is 12.5. The number of ether oxygens (including phenoxy) is 2. The van der Waals surface area contributed by atoms with Gasteiger partial charge < -0.3 is 14.4 Å². The molecule has 0 saturated carbocycles. The van der Waals surface area contributed by atoms with Crippen LogP contribution >= 0.6 is 0 Å². The number of nitro benzene ring substituents is 1. The Balaban J connectivity index is 1.79. The van der Waals surface area contributed by atoms with E-state index < -0.39 is 4.92 Å². The fourth-order valence-corrected chi connectivity index (χ4v) is 2.65. The van der Waals surface area contributed by atoms with E-state index in [0.717, 1.165) is 0 Å². The van der Waals surface area contributed by atoms with Gasteiger partial charge in [-0.3, -0.25) is 14.9 Å². The number of benzene rings is 2. The number of nitro groups is 1. The molecule has 1 aliphatic heterocycles. The maximum Gasteiger partial charge on any atom is 0.311 e. The quantitative estimate of drug-likeness (QED) is 0.616. The number of morpholine rings is 1. The highest BCUT2D eigenvalue weighted by molar-refractivity contribution is 5.79. The van der Waals surface area contributed by atoms with Crippen LogP contribution in [0.5, 0.6) is 11.5 Å². The first-order valence-electron chi connectivity index (χ1n) is 8.00. The second kappa shape index (κ2) is 7.76. The summed E-state index contributed by atoms with van der Waals surface area (Å²) in [5.41, 5.74) is 0.578. The molecule has 0 aliphatic carbocycles. The second-order valence-electron chi connectivity index (χ2n) is 5.60. The van der Waals surface area contributed by atoms with Crippen molar-refractivity contribution in [2.24, 2.45) is 0 Å². The lowest BCUT2D eigenvalue weighted by Gasteiger charge is -2.27. The fourth-order valence-electron chi connectivity index (χ4n) is 2.65. The molecule has 2 aromatic rings. The molecule has 0 bridgehead atoms. The minimum Gasteiger partial charge on any atom is -0.450 e. The lowest BCUT2D eigenvalue weighted by molar-refractivity contribution is -0.385. The molecule has 25 heavy (non-hydrogen) atoms. The summed E-state index contributed by atoms with van der Waals surface area (Å²) >= 11 is 0. The smallest absolute Gasteiger partial charge is 0.311 e. The molecule has 7 nitrogen and oxygen atoms in total. The van der Waals surface area contributed by atoms with E-state index in [1.165, 1.54) is 6.07 Å². The van der Waals surface area contributed by atoms with E-state index in [9.17, 15) is 14.9 Å². The normalized spacial score (nSPS) is 14.2. The second-order valence-corrected chi connectivity index (χ2v) is 5.60. The van der Waals surface area contributed by atoms with Crippen LogP contribution in [-0.2, 0) is 16.0 Å². The van der Waals surface area contributed by atoms with Gasteiger partial charge in [0.05, 0.1) is 24.6 Å². The summed E-state index contributed by atoms with van der Waals surface area (Å²) in [5.74, 6) is 0.582. The third kappa shape index (κ3) is 4.13. The van der Waals surface area contributed by atoms with Crippen LogP contribution < -0.4 is 4.74 Å². The number of rotatable bonds is 5. The molecule has 7 heteroatoms. The molecule has 1 saturated heterocycles. The number of hydrogen-bond acceptors (Lipinski definition) is 5. The van der Waals surface area contributed by atoms with Gasteiger partial charge in [0.15, 0.2) is 0 Å². The molecule has 1 fully saturated rings. The van der Waals surface area contributed by atoms with Gasteiger partial charge in [0.1, 0.15) is 5.75 Å². The van der Waals surface area contributed by atoms with Crippen molar-refractivity contribution in [2.75, 3.05) is 26.3 Å². The minimum absolute atomic E-state index is 0.0121. The Labute approximate surface area is 144 Å². The van der Waals surface area contributed by atoms with Crippen LogP contribution in [0.15, 0.2) is 48.5 Å². The molecule has 0 radical (unpaired) electrons. The van der Waals surface area contributed by atoms with E-state index in [1.54, 1.807) is 41.3 Å². The summed E-state index contributed by atoms with van der Waals surface area (Å²) in [6.45, 7) is 2.23. The van der Waals surface area contributed by atoms with Crippen molar-refractivity contribution in [1.82, 2.24) is 4.90 Å². The number of amides is 1. The summed E-state index contributed by atoms with van der Waals surface area (Å²) < 4.78 is 11.0. The van der Waals surface area contributed by atoms with Crippen LogP contribution in [0, 0.1) is 10.1 Å². The third-order valence-corrected chi connectivity index (χ3v) is 3.96. The van der Waals surface area contributed by atoms with E-state index in [-0.39, 0.29) is 23.8 Å². The monoisotopic (exact) mass is 342 g/mol. The molecule has 1 aliphatic rings.